The maximum Gasteiger partial charge on any atom is 0.273 e. The molecule has 2 heterocycles. The van der Waals surface area contributed by atoms with E-state index in [1.807, 2.05) is 6.92 Å². The van der Waals surface area contributed by atoms with Gasteiger partial charge in [-0.2, -0.15) is 0 Å². The lowest BCUT2D eigenvalue weighted by Gasteiger charge is -2.28. The maximum atomic E-state index is 13.1. The number of oxazole rings is 1. The molecule has 1 aromatic carbocycles. The highest BCUT2D eigenvalue weighted by Crippen LogP contribution is 2.26. The summed E-state index contributed by atoms with van der Waals surface area (Å²) in [6.45, 7) is 2.52. The van der Waals surface area contributed by atoms with Gasteiger partial charge >= 0.3 is 0 Å². The number of carbonyl (C=O) groups is 1. The molecule has 2 aromatic rings. The second kappa shape index (κ2) is 9.67. The smallest absolute Gasteiger partial charge is 0.273 e. The van der Waals surface area contributed by atoms with E-state index in [1.165, 1.54) is 12.1 Å². The Bertz CT molecular complexity index is 989. The largest absolute Gasteiger partial charge is 0.441 e. The van der Waals surface area contributed by atoms with Crippen LogP contribution in [-0.2, 0) is 20.9 Å². The quantitative estimate of drug-likeness (QED) is 0.498. The Morgan fingerprint density at radius 3 is 2.68 bits per heavy atom. The number of amides is 1. The summed E-state index contributed by atoms with van der Waals surface area (Å²) in [5.74, 6) is 0.612. The van der Waals surface area contributed by atoms with Gasteiger partial charge in [0, 0.05) is 5.56 Å². The summed E-state index contributed by atoms with van der Waals surface area (Å²) in [7, 11) is 0. The third kappa shape index (κ3) is 5.55. The van der Waals surface area contributed by atoms with Gasteiger partial charge in [0.05, 0.1) is 25.4 Å². The van der Waals surface area contributed by atoms with E-state index in [9.17, 15) is 9.18 Å². The number of ether oxygens (including phenoxy) is 2. The highest BCUT2D eigenvalue weighted by molar-refractivity contribution is 7.80. The standard InChI is InChI=1S/C22H24FN3O4S/c1-13-19(24-21(30-13)14-5-7-15(23)8-6-14)12-29-17-4-2-3-16(11-17)28-10-9-18-20(27)26-22(31)25-18/h5-9,16-17H,2-4,10-12H2,1H3,(H2,25,26,27,31)/b18-9-. The third-order valence-electron chi connectivity index (χ3n) is 5.36. The molecule has 9 heteroatoms. The van der Waals surface area contributed by atoms with Crippen LogP contribution in [0.4, 0.5) is 4.39 Å². The Morgan fingerprint density at radius 1 is 1.23 bits per heavy atom. The molecule has 1 saturated carbocycles. The first kappa shape index (κ1) is 21.6. The fourth-order valence-corrected chi connectivity index (χ4v) is 3.87. The molecule has 2 atom stereocenters. The summed E-state index contributed by atoms with van der Waals surface area (Å²) in [6.07, 6.45) is 5.54. The molecule has 1 saturated heterocycles. The molecule has 2 N–H and O–H groups in total. The highest BCUT2D eigenvalue weighted by Gasteiger charge is 2.25. The monoisotopic (exact) mass is 445 g/mol. The van der Waals surface area contributed by atoms with Crippen molar-refractivity contribution in [3.63, 3.8) is 0 Å². The summed E-state index contributed by atoms with van der Waals surface area (Å²) < 4.78 is 30.9. The normalized spacial score (nSPS) is 22.6. The first-order valence-corrected chi connectivity index (χ1v) is 10.7. The van der Waals surface area contributed by atoms with E-state index in [4.69, 9.17) is 26.1 Å². The number of aromatic nitrogens is 1. The molecule has 0 spiro atoms. The van der Waals surface area contributed by atoms with Gasteiger partial charge in [-0.1, -0.05) is 0 Å². The average molecular weight is 446 g/mol. The Hall–Kier alpha value is -2.62. The molecular weight excluding hydrogens is 421 g/mol. The van der Waals surface area contributed by atoms with Crippen LogP contribution in [0, 0.1) is 12.7 Å². The van der Waals surface area contributed by atoms with Gasteiger partial charge in [0.1, 0.15) is 23.0 Å². The molecule has 2 aliphatic rings. The van der Waals surface area contributed by atoms with E-state index >= 15 is 0 Å². The van der Waals surface area contributed by atoms with Crippen molar-refractivity contribution < 1.29 is 23.1 Å². The van der Waals surface area contributed by atoms with E-state index in [2.05, 4.69) is 15.6 Å². The van der Waals surface area contributed by atoms with Gasteiger partial charge in [-0.3, -0.25) is 10.1 Å². The molecule has 164 valence electrons. The Kier molecular flexibility index (Phi) is 6.74. The zero-order valence-corrected chi connectivity index (χ0v) is 18.0. The zero-order chi connectivity index (χ0) is 21.8. The Labute approximate surface area is 185 Å². The SMILES string of the molecule is Cc1oc(-c2ccc(F)cc2)nc1COC1CCCC(OC/C=C2\NC(=S)NC2=O)C1. The predicted molar refractivity (Wildman–Crippen MR) is 115 cm³/mol. The average Bonchev–Trinajstić information content (AvgIpc) is 3.28. The van der Waals surface area contributed by atoms with Crippen molar-refractivity contribution in [2.24, 2.45) is 0 Å². The van der Waals surface area contributed by atoms with Crippen LogP contribution in [-0.4, -0.2) is 34.8 Å². The molecule has 1 aliphatic heterocycles. The number of hydrogen-bond acceptors (Lipinski definition) is 6. The van der Waals surface area contributed by atoms with Crippen LogP contribution in [0.5, 0.6) is 0 Å². The highest BCUT2D eigenvalue weighted by atomic mass is 32.1. The first-order valence-electron chi connectivity index (χ1n) is 10.3. The number of thiocarbonyl (C=S) groups is 1. The van der Waals surface area contributed by atoms with E-state index in [-0.39, 0.29) is 23.9 Å². The molecule has 1 amide bonds. The topological polar surface area (TPSA) is 85.6 Å². The number of carbonyl (C=O) groups excluding carboxylic acids is 1. The molecule has 1 aromatic heterocycles. The van der Waals surface area contributed by atoms with Crippen molar-refractivity contribution in [3.05, 3.63) is 53.3 Å². The molecule has 2 fully saturated rings. The molecule has 31 heavy (non-hydrogen) atoms. The molecule has 7 nitrogen and oxygen atoms in total. The summed E-state index contributed by atoms with van der Waals surface area (Å²) in [5, 5.41) is 5.64. The van der Waals surface area contributed by atoms with Gasteiger partial charge in [0.15, 0.2) is 5.11 Å². The van der Waals surface area contributed by atoms with E-state index in [0.29, 0.717) is 35.7 Å². The van der Waals surface area contributed by atoms with Gasteiger partial charge in [-0.25, -0.2) is 9.37 Å². The molecular formula is C22H24FN3O4S. The predicted octanol–water partition coefficient (Wildman–Crippen LogP) is 3.52. The van der Waals surface area contributed by atoms with Gasteiger partial charge in [-0.05, 0) is 75.2 Å². The number of halogens is 1. The van der Waals surface area contributed by atoms with Crippen molar-refractivity contribution in [1.82, 2.24) is 15.6 Å². The van der Waals surface area contributed by atoms with Crippen LogP contribution in [0.2, 0.25) is 0 Å². The lowest BCUT2D eigenvalue weighted by molar-refractivity contribution is -0.115. The molecule has 0 bridgehead atoms. The van der Waals surface area contributed by atoms with E-state index in [0.717, 1.165) is 36.9 Å². The second-order valence-corrected chi connectivity index (χ2v) is 8.02. The lowest BCUT2D eigenvalue weighted by Crippen LogP contribution is -2.28. The number of benzene rings is 1. The summed E-state index contributed by atoms with van der Waals surface area (Å²) in [4.78, 5) is 16.1. The van der Waals surface area contributed by atoms with Crippen LogP contribution in [0.3, 0.4) is 0 Å². The molecule has 1 aliphatic carbocycles. The lowest BCUT2D eigenvalue weighted by atomic mass is 9.95. The minimum atomic E-state index is -0.299. The first-order chi connectivity index (χ1) is 15.0. The zero-order valence-electron chi connectivity index (χ0n) is 17.2. The van der Waals surface area contributed by atoms with Gasteiger partial charge < -0.3 is 19.2 Å². The minimum Gasteiger partial charge on any atom is -0.441 e. The van der Waals surface area contributed by atoms with E-state index < -0.39 is 0 Å². The van der Waals surface area contributed by atoms with Crippen molar-refractivity contribution in [2.75, 3.05) is 6.61 Å². The Morgan fingerprint density at radius 2 is 1.97 bits per heavy atom. The van der Waals surface area contributed by atoms with Crippen LogP contribution < -0.4 is 10.6 Å². The summed E-state index contributed by atoms with van der Waals surface area (Å²) in [5.41, 5.74) is 1.88. The molecule has 2 unspecified atom stereocenters. The number of hydrogen-bond donors (Lipinski definition) is 2. The van der Waals surface area contributed by atoms with Crippen LogP contribution in [0.15, 0.2) is 40.5 Å². The van der Waals surface area contributed by atoms with Crippen LogP contribution in [0.25, 0.3) is 11.5 Å². The van der Waals surface area contributed by atoms with Crippen molar-refractivity contribution in [2.45, 2.75) is 51.4 Å². The number of nitrogens with one attached hydrogen (secondary N) is 2. The fraction of sp³-hybridized carbons (Fsp3) is 0.409. The minimum absolute atomic E-state index is 0.0669. The molecule has 4 rings (SSSR count). The summed E-state index contributed by atoms with van der Waals surface area (Å²) >= 11 is 4.91. The Balaban J connectivity index is 1.27. The van der Waals surface area contributed by atoms with E-state index in [1.54, 1.807) is 18.2 Å². The summed E-state index contributed by atoms with van der Waals surface area (Å²) in [6, 6.07) is 6.04. The molecule has 0 radical (unpaired) electrons. The maximum absolute atomic E-state index is 13.1. The van der Waals surface area contributed by atoms with Crippen LogP contribution >= 0.6 is 12.2 Å². The van der Waals surface area contributed by atoms with Gasteiger partial charge in [0.2, 0.25) is 5.89 Å². The third-order valence-corrected chi connectivity index (χ3v) is 5.56. The van der Waals surface area contributed by atoms with Gasteiger partial charge in [-0.15, -0.1) is 0 Å². The second-order valence-electron chi connectivity index (χ2n) is 7.61. The van der Waals surface area contributed by atoms with Crippen LogP contribution in [0.1, 0.15) is 37.1 Å². The number of nitrogens with zero attached hydrogens (tertiary/aromatic N) is 1. The van der Waals surface area contributed by atoms with Crippen molar-refractivity contribution >= 4 is 23.2 Å². The number of rotatable bonds is 7. The van der Waals surface area contributed by atoms with Crippen molar-refractivity contribution in [1.29, 1.82) is 0 Å². The number of aryl methyl sites for hydroxylation is 1. The van der Waals surface area contributed by atoms with Gasteiger partial charge in [0.25, 0.3) is 5.91 Å². The fourth-order valence-electron chi connectivity index (χ4n) is 3.67. The van der Waals surface area contributed by atoms with Crippen molar-refractivity contribution in [3.8, 4) is 11.5 Å².